The van der Waals surface area contributed by atoms with E-state index in [1.807, 2.05) is 24.3 Å². The minimum Gasteiger partial charge on any atom is -0.451 e. The van der Waals surface area contributed by atoms with Crippen LogP contribution in [0.1, 0.15) is 16.1 Å². The largest absolute Gasteiger partial charge is 0.451 e. The third-order valence-electron chi connectivity index (χ3n) is 3.50. The maximum Gasteiger partial charge on any atom is 0.359 e. The highest BCUT2D eigenvalue weighted by atomic mass is 79.9. The lowest BCUT2D eigenvalue weighted by Crippen LogP contribution is -2.31. The maximum atomic E-state index is 12.2. The number of halogens is 2. The van der Waals surface area contributed by atoms with E-state index in [4.69, 9.17) is 16.3 Å². The van der Waals surface area contributed by atoms with Gasteiger partial charge < -0.3 is 9.64 Å². The number of fused-ring (bicyclic) bond motifs is 1. The molecule has 0 fully saturated rings. The second-order valence-electron chi connectivity index (χ2n) is 5.26. The number of imidazole rings is 1. The van der Waals surface area contributed by atoms with Gasteiger partial charge in [-0.3, -0.25) is 9.20 Å². The molecule has 2 aromatic heterocycles. The fourth-order valence-electron chi connectivity index (χ4n) is 2.20. The Bertz CT molecular complexity index is 923. The van der Waals surface area contributed by atoms with Gasteiger partial charge >= 0.3 is 5.97 Å². The van der Waals surface area contributed by atoms with Gasteiger partial charge in [0.2, 0.25) is 0 Å². The molecule has 130 valence electrons. The Hall–Kier alpha value is -1.90. The minimum atomic E-state index is -0.679. The monoisotopic (exact) mass is 441 g/mol. The molecular formula is C16H13BrClN3O3S. The van der Waals surface area contributed by atoms with Crippen LogP contribution in [0.25, 0.3) is 4.96 Å². The highest BCUT2D eigenvalue weighted by molar-refractivity contribution is 9.10. The number of hydrogen-bond acceptors (Lipinski definition) is 5. The molecule has 1 aromatic carbocycles. The Balaban J connectivity index is 1.59. The molecule has 3 rings (SSSR count). The Labute approximate surface area is 161 Å². The lowest BCUT2D eigenvalue weighted by atomic mass is 10.2. The molecule has 0 spiro atoms. The lowest BCUT2D eigenvalue weighted by molar-refractivity contribution is -0.133. The fourth-order valence-corrected chi connectivity index (χ4v) is 3.48. The van der Waals surface area contributed by atoms with Crippen molar-refractivity contribution in [1.82, 2.24) is 14.3 Å². The van der Waals surface area contributed by atoms with Crippen LogP contribution in [-0.2, 0) is 16.1 Å². The van der Waals surface area contributed by atoms with Gasteiger partial charge in [-0.2, -0.15) is 0 Å². The van der Waals surface area contributed by atoms with Crippen molar-refractivity contribution in [3.05, 3.63) is 56.7 Å². The summed E-state index contributed by atoms with van der Waals surface area (Å²) in [4.78, 5) is 30.5. The zero-order chi connectivity index (χ0) is 18.0. The van der Waals surface area contributed by atoms with Crippen molar-refractivity contribution in [2.75, 3.05) is 13.7 Å². The fraction of sp³-hybridized carbons (Fsp3) is 0.188. The van der Waals surface area contributed by atoms with Gasteiger partial charge in [-0.25, -0.2) is 9.78 Å². The number of ether oxygens (including phenoxy) is 1. The molecule has 0 radical (unpaired) electrons. The van der Waals surface area contributed by atoms with Gasteiger partial charge in [0.15, 0.2) is 22.4 Å². The molecule has 9 heteroatoms. The highest BCUT2D eigenvalue weighted by Gasteiger charge is 2.21. The topological polar surface area (TPSA) is 63.9 Å². The molecule has 25 heavy (non-hydrogen) atoms. The van der Waals surface area contributed by atoms with Crippen molar-refractivity contribution in [1.29, 1.82) is 0 Å². The summed E-state index contributed by atoms with van der Waals surface area (Å²) >= 11 is 10.7. The van der Waals surface area contributed by atoms with Crippen LogP contribution in [0.5, 0.6) is 0 Å². The molecule has 0 N–H and O–H groups in total. The van der Waals surface area contributed by atoms with E-state index in [-0.39, 0.29) is 23.4 Å². The zero-order valence-electron chi connectivity index (χ0n) is 13.1. The van der Waals surface area contributed by atoms with E-state index >= 15 is 0 Å². The van der Waals surface area contributed by atoms with E-state index in [0.717, 1.165) is 10.0 Å². The summed E-state index contributed by atoms with van der Waals surface area (Å²) in [5.74, 6) is -0.986. The second-order valence-corrected chi connectivity index (χ2v) is 7.41. The molecule has 0 aliphatic carbocycles. The van der Waals surface area contributed by atoms with E-state index in [1.165, 1.54) is 16.2 Å². The first-order valence-corrected chi connectivity index (χ1v) is 9.27. The van der Waals surface area contributed by atoms with Crippen LogP contribution >= 0.6 is 38.9 Å². The number of aromatic nitrogens is 2. The highest BCUT2D eigenvalue weighted by Crippen LogP contribution is 2.22. The zero-order valence-corrected chi connectivity index (χ0v) is 16.3. The van der Waals surface area contributed by atoms with Crippen LogP contribution in [-0.4, -0.2) is 39.8 Å². The number of amides is 1. The quantitative estimate of drug-likeness (QED) is 0.566. The van der Waals surface area contributed by atoms with Gasteiger partial charge in [0.05, 0.1) is 0 Å². The van der Waals surface area contributed by atoms with Crippen LogP contribution in [0.2, 0.25) is 5.15 Å². The van der Waals surface area contributed by atoms with Gasteiger partial charge in [-0.1, -0.05) is 39.7 Å². The average Bonchev–Trinajstić information content (AvgIpc) is 3.14. The maximum absolute atomic E-state index is 12.2. The Morgan fingerprint density at radius 3 is 2.80 bits per heavy atom. The molecule has 0 bridgehead atoms. The van der Waals surface area contributed by atoms with Crippen LogP contribution in [0.4, 0.5) is 0 Å². The van der Waals surface area contributed by atoms with Crippen LogP contribution in [0.3, 0.4) is 0 Å². The van der Waals surface area contributed by atoms with E-state index in [0.29, 0.717) is 11.5 Å². The lowest BCUT2D eigenvalue weighted by Gasteiger charge is -2.17. The summed E-state index contributed by atoms with van der Waals surface area (Å²) in [5, 5.41) is 1.85. The summed E-state index contributed by atoms with van der Waals surface area (Å²) in [6.45, 7) is 0.0610. The number of thiazole rings is 1. The van der Waals surface area contributed by atoms with Crippen LogP contribution < -0.4 is 0 Å². The van der Waals surface area contributed by atoms with Crippen molar-refractivity contribution < 1.29 is 14.3 Å². The minimum absolute atomic E-state index is 0.0625. The smallest absolute Gasteiger partial charge is 0.359 e. The van der Waals surface area contributed by atoms with Crippen molar-refractivity contribution >= 4 is 55.7 Å². The number of rotatable bonds is 5. The molecule has 6 nitrogen and oxygen atoms in total. The first-order chi connectivity index (χ1) is 12.0. The Morgan fingerprint density at radius 1 is 1.36 bits per heavy atom. The first-order valence-electron chi connectivity index (χ1n) is 7.22. The van der Waals surface area contributed by atoms with Gasteiger partial charge in [0.1, 0.15) is 0 Å². The molecule has 0 aliphatic heterocycles. The number of hydrogen-bond donors (Lipinski definition) is 0. The van der Waals surface area contributed by atoms with Crippen LogP contribution in [0.15, 0.2) is 40.3 Å². The Morgan fingerprint density at radius 2 is 2.08 bits per heavy atom. The summed E-state index contributed by atoms with van der Waals surface area (Å²) in [6.07, 6.45) is 1.68. The molecule has 0 aliphatic rings. The molecule has 3 aromatic rings. The van der Waals surface area contributed by atoms with E-state index in [9.17, 15) is 9.59 Å². The molecule has 0 atom stereocenters. The third kappa shape index (κ3) is 4.02. The normalized spacial score (nSPS) is 10.8. The van der Waals surface area contributed by atoms with E-state index < -0.39 is 5.97 Å². The molecule has 2 heterocycles. The number of nitrogens with zero attached hydrogens (tertiary/aromatic N) is 3. The predicted molar refractivity (Wildman–Crippen MR) is 99.0 cm³/mol. The standard InChI is InChI=1S/C16H13BrClN3O3S/c1-20(8-10-2-4-11(17)5-3-10)12(22)9-24-15(23)13-14(18)19-16-21(13)6-7-25-16/h2-7H,8-9H2,1H3. The van der Waals surface area contributed by atoms with E-state index in [1.54, 1.807) is 23.0 Å². The molecule has 0 saturated heterocycles. The molecular weight excluding hydrogens is 430 g/mol. The van der Waals surface area contributed by atoms with Crippen molar-refractivity contribution in [2.45, 2.75) is 6.54 Å². The van der Waals surface area contributed by atoms with Crippen molar-refractivity contribution in [3.63, 3.8) is 0 Å². The molecule has 0 saturated carbocycles. The summed E-state index contributed by atoms with van der Waals surface area (Å²) in [7, 11) is 1.65. The van der Waals surface area contributed by atoms with Crippen LogP contribution in [0, 0.1) is 0 Å². The van der Waals surface area contributed by atoms with Gasteiger partial charge in [-0.05, 0) is 17.7 Å². The summed E-state index contributed by atoms with van der Waals surface area (Å²) in [6, 6.07) is 7.64. The third-order valence-corrected chi connectivity index (χ3v) is 5.05. The number of carbonyl (C=O) groups excluding carboxylic acids is 2. The number of benzene rings is 1. The van der Waals surface area contributed by atoms with Gasteiger partial charge in [0, 0.05) is 29.6 Å². The predicted octanol–water partition coefficient (Wildman–Crippen LogP) is 3.63. The number of likely N-dealkylation sites (N-methyl/N-ethyl adjacent to an activating group) is 1. The number of carbonyl (C=O) groups is 2. The first kappa shape index (κ1) is 17.9. The van der Waals surface area contributed by atoms with Crippen molar-refractivity contribution in [2.24, 2.45) is 0 Å². The second kappa shape index (κ2) is 7.55. The summed E-state index contributed by atoms with van der Waals surface area (Å²) < 4.78 is 7.62. The summed E-state index contributed by atoms with van der Waals surface area (Å²) in [5.41, 5.74) is 1.10. The van der Waals surface area contributed by atoms with Gasteiger partial charge in [0.25, 0.3) is 5.91 Å². The SMILES string of the molecule is CN(Cc1ccc(Br)cc1)C(=O)COC(=O)c1c(Cl)nc2sccn12. The molecule has 1 amide bonds. The Kier molecular flexibility index (Phi) is 5.41. The molecule has 0 unspecified atom stereocenters. The average molecular weight is 443 g/mol. The van der Waals surface area contributed by atoms with Gasteiger partial charge in [-0.15, -0.1) is 11.3 Å². The number of esters is 1. The van der Waals surface area contributed by atoms with Crippen molar-refractivity contribution in [3.8, 4) is 0 Å². The van der Waals surface area contributed by atoms with E-state index in [2.05, 4.69) is 20.9 Å².